The molecule has 2 amide bonds. The lowest BCUT2D eigenvalue weighted by Crippen LogP contribution is -2.20. The number of carbonyl (C=O) groups excluding carboxylic acids is 1. The van der Waals surface area contributed by atoms with Crippen LogP contribution in [0.15, 0.2) is 42.6 Å². The van der Waals surface area contributed by atoms with Crippen LogP contribution in [0, 0.1) is 6.92 Å². The highest BCUT2D eigenvalue weighted by molar-refractivity contribution is 5.99. The lowest BCUT2D eigenvalue weighted by molar-refractivity contribution is 0.199. The van der Waals surface area contributed by atoms with Gasteiger partial charge < -0.3 is 10.4 Å². The number of aliphatic hydroxyl groups is 1. The predicted molar refractivity (Wildman–Crippen MR) is 78.7 cm³/mol. The van der Waals surface area contributed by atoms with Gasteiger partial charge in [0.1, 0.15) is 5.82 Å². The van der Waals surface area contributed by atoms with Crippen molar-refractivity contribution in [2.24, 2.45) is 0 Å². The Morgan fingerprint density at radius 2 is 1.90 bits per heavy atom. The molecular weight excluding hydrogens is 254 g/mol. The Bertz CT molecular complexity index is 594. The van der Waals surface area contributed by atoms with Gasteiger partial charge in [-0.1, -0.05) is 18.2 Å². The number of benzene rings is 1. The first-order valence-corrected chi connectivity index (χ1v) is 6.34. The fourth-order valence-corrected chi connectivity index (χ4v) is 1.73. The molecule has 1 atom stereocenters. The smallest absolute Gasteiger partial charge is 0.324 e. The molecule has 0 aliphatic rings. The monoisotopic (exact) mass is 271 g/mol. The van der Waals surface area contributed by atoms with Crippen LogP contribution in [0.1, 0.15) is 24.2 Å². The van der Waals surface area contributed by atoms with Crippen molar-refractivity contribution in [1.82, 2.24) is 4.98 Å². The zero-order valence-electron chi connectivity index (χ0n) is 11.4. The number of amides is 2. The minimum absolute atomic E-state index is 0.350. The molecule has 2 rings (SSSR count). The van der Waals surface area contributed by atoms with Crippen molar-refractivity contribution in [2.45, 2.75) is 20.0 Å². The van der Waals surface area contributed by atoms with E-state index in [9.17, 15) is 9.90 Å². The molecule has 1 unspecified atom stereocenters. The maximum atomic E-state index is 11.8. The van der Waals surface area contributed by atoms with Crippen LogP contribution < -0.4 is 10.6 Å². The van der Waals surface area contributed by atoms with Crippen LogP contribution in [0.3, 0.4) is 0 Å². The average molecular weight is 271 g/mol. The van der Waals surface area contributed by atoms with Crippen molar-refractivity contribution in [3.63, 3.8) is 0 Å². The molecule has 0 aliphatic carbocycles. The number of urea groups is 1. The molecule has 3 N–H and O–H groups in total. The number of nitrogens with zero attached hydrogens (tertiary/aromatic N) is 1. The summed E-state index contributed by atoms with van der Waals surface area (Å²) in [5.41, 5.74) is 2.35. The molecule has 1 heterocycles. The van der Waals surface area contributed by atoms with Gasteiger partial charge in [-0.3, -0.25) is 5.32 Å². The number of hydrogen-bond donors (Lipinski definition) is 3. The van der Waals surface area contributed by atoms with Crippen molar-refractivity contribution >= 4 is 17.5 Å². The van der Waals surface area contributed by atoms with Crippen LogP contribution in [0.5, 0.6) is 0 Å². The second kappa shape index (κ2) is 6.16. The van der Waals surface area contributed by atoms with E-state index in [0.29, 0.717) is 11.5 Å². The van der Waals surface area contributed by atoms with Gasteiger partial charge in [-0.05, 0) is 43.2 Å². The summed E-state index contributed by atoms with van der Waals surface area (Å²) in [6.45, 7) is 3.57. The number of nitrogens with one attached hydrogen (secondary N) is 2. The number of aliphatic hydroxyl groups excluding tert-OH is 1. The Kier molecular flexibility index (Phi) is 4.32. The van der Waals surface area contributed by atoms with E-state index in [1.807, 2.05) is 19.1 Å². The van der Waals surface area contributed by atoms with Gasteiger partial charge in [0.2, 0.25) is 0 Å². The summed E-state index contributed by atoms with van der Waals surface area (Å²) in [5, 5.41) is 14.8. The number of anilines is 2. The van der Waals surface area contributed by atoms with E-state index >= 15 is 0 Å². The minimum Gasteiger partial charge on any atom is -0.389 e. The normalized spacial score (nSPS) is 11.8. The van der Waals surface area contributed by atoms with Crippen LogP contribution in [0.25, 0.3) is 0 Å². The van der Waals surface area contributed by atoms with Crippen molar-refractivity contribution < 1.29 is 9.90 Å². The molecule has 2 aromatic rings. The zero-order chi connectivity index (χ0) is 14.5. The Hall–Kier alpha value is -2.40. The third-order valence-electron chi connectivity index (χ3n) is 2.89. The van der Waals surface area contributed by atoms with Gasteiger partial charge in [0.25, 0.3) is 0 Å². The standard InChI is InChI=1S/C15H17N3O2/c1-10-4-3-9-16-14(10)18-15(20)17-13-7-5-12(6-8-13)11(2)19/h3-9,11,19H,1-2H3,(H2,16,17,18,20). The number of rotatable bonds is 3. The molecule has 20 heavy (non-hydrogen) atoms. The van der Waals surface area contributed by atoms with E-state index in [0.717, 1.165) is 11.1 Å². The molecule has 0 fully saturated rings. The Morgan fingerprint density at radius 3 is 2.50 bits per heavy atom. The number of carbonyl (C=O) groups is 1. The van der Waals surface area contributed by atoms with E-state index in [1.54, 1.807) is 37.4 Å². The van der Waals surface area contributed by atoms with E-state index in [1.165, 1.54) is 0 Å². The van der Waals surface area contributed by atoms with Crippen LogP contribution in [0.2, 0.25) is 0 Å². The quantitative estimate of drug-likeness (QED) is 0.803. The van der Waals surface area contributed by atoms with Gasteiger partial charge in [0.05, 0.1) is 6.10 Å². The molecular formula is C15H17N3O2. The highest BCUT2D eigenvalue weighted by Gasteiger charge is 2.06. The number of pyridine rings is 1. The number of aromatic nitrogens is 1. The van der Waals surface area contributed by atoms with Crippen LogP contribution in [0.4, 0.5) is 16.3 Å². The second-order valence-electron chi connectivity index (χ2n) is 4.55. The molecule has 5 nitrogen and oxygen atoms in total. The van der Waals surface area contributed by atoms with Gasteiger partial charge in [-0.25, -0.2) is 9.78 Å². The summed E-state index contributed by atoms with van der Waals surface area (Å²) >= 11 is 0. The summed E-state index contributed by atoms with van der Waals surface area (Å²) in [6, 6.07) is 10.4. The SMILES string of the molecule is Cc1cccnc1NC(=O)Nc1ccc(C(C)O)cc1. The molecule has 1 aromatic carbocycles. The average Bonchev–Trinajstić information content (AvgIpc) is 2.42. The van der Waals surface area contributed by atoms with Crippen molar-refractivity contribution in [2.75, 3.05) is 10.6 Å². The van der Waals surface area contributed by atoms with Gasteiger partial charge in [-0.15, -0.1) is 0 Å². The molecule has 0 aliphatic heterocycles. The molecule has 0 bridgehead atoms. The molecule has 5 heteroatoms. The first-order valence-electron chi connectivity index (χ1n) is 6.34. The fourth-order valence-electron chi connectivity index (χ4n) is 1.73. The molecule has 0 saturated heterocycles. The lowest BCUT2D eigenvalue weighted by atomic mass is 10.1. The highest BCUT2D eigenvalue weighted by Crippen LogP contribution is 2.16. The zero-order valence-corrected chi connectivity index (χ0v) is 11.4. The first-order chi connectivity index (χ1) is 9.56. The van der Waals surface area contributed by atoms with Crippen molar-refractivity contribution in [1.29, 1.82) is 0 Å². The van der Waals surface area contributed by atoms with E-state index in [4.69, 9.17) is 0 Å². The maximum Gasteiger partial charge on any atom is 0.324 e. The fraction of sp³-hybridized carbons (Fsp3) is 0.200. The first kappa shape index (κ1) is 14.0. The number of aryl methyl sites for hydroxylation is 1. The van der Waals surface area contributed by atoms with E-state index in [2.05, 4.69) is 15.6 Å². The van der Waals surface area contributed by atoms with Crippen molar-refractivity contribution in [3.8, 4) is 0 Å². The second-order valence-corrected chi connectivity index (χ2v) is 4.55. The van der Waals surface area contributed by atoms with Crippen LogP contribution in [-0.4, -0.2) is 16.1 Å². The van der Waals surface area contributed by atoms with Crippen LogP contribution >= 0.6 is 0 Å². The summed E-state index contributed by atoms with van der Waals surface area (Å²) in [5.74, 6) is 0.533. The summed E-state index contributed by atoms with van der Waals surface area (Å²) < 4.78 is 0. The van der Waals surface area contributed by atoms with E-state index < -0.39 is 6.10 Å². The predicted octanol–water partition coefficient (Wildman–Crippen LogP) is 3.09. The molecule has 0 saturated carbocycles. The minimum atomic E-state index is -0.519. The maximum absolute atomic E-state index is 11.8. The lowest BCUT2D eigenvalue weighted by Gasteiger charge is -2.10. The highest BCUT2D eigenvalue weighted by atomic mass is 16.3. The topological polar surface area (TPSA) is 74.2 Å². The van der Waals surface area contributed by atoms with Gasteiger partial charge in [0, 0.05) is 11.9 Å². The van der Waals surface area contributed by atoms with Crippen LogP contribution in [-0.2, 0) is 0 Å². The Morgan fingerprint density at radius 1 is 1.20 bits per heavy atom. The molecule has 104 valence electrons. The third-order valence-corrected chi connectivity index (χ3v) is 2.89. The van der Waals surface area contributed by atoms with Gasteiger partial charge >= 0.3 is 6.03 Å². The van der Waals surface area contributed by atoms with Gasteiger partial charge in [-0.2, -0.15) is 0 Å². The third kappa shape index (κ3) is 3.55. The largest absolute Gasteiger partial charge is 0.389 e. The molecule has 0 radical (unpaired) electrons. The summed E-state index contributed by atoms with van der Waals surface area (Å²) in [7, 11) is 0. The number of hydrogen-bond acceptors (Lipinski definition) is 3. The van der Waals surface area contributed by atoms with Crippen molar-refractivity contribution in [3.05, 3.63) is 53.7 Å². The Labute approximate surface area is 117 Å². The van der Waals surface area contributed by atoms with Gasteiger partial charge in [0.15, 0.2) is 0 Å². The molecule has 1 aromatic heterocycles. The summed E-state index contributed by atoms with van der Waals surface area (Å²) in [4.78, 5) is 15.9. The molecule has 0 spiro atoms. The van der Waals surface area contributed by atoms with E-state index in [-0.39, 0.29) is 6.03 Å². The summed E-state index contributed by atoms with van der Waals surface area (Å²) in [6.07, 6.45) is 1.11. The Balaban J connectivity index is 1.99.